The predicted molar refractivity (Wildman–Crippen MR) is 65.6 cm³/mol. The third-order valence-corrected chi connectivity index (χ3v) is 3.90. The van der Waals surface area contributed by atoms with Gasteiger partial charge in [0, 0.05) is 18.0 Å². The molecule has 2 rings (SSSR count). The Morgan fingerprint density at radius 2 is 2.18 bits per heavy atom. The van der Waals surface area contributed by atoms with Crippen LogP contribution in [0, 0.1) is 11.7 Å². The lowest BCUT2D eigenvalue weighted by Gasteiger charge is -2.17. The second kappa shape index (κ2) is 4.83. The van der Waals surface area contributed by atoms with Crippen molar-refractivity contribution in [3.8, 4) is 0 Å². The summed E-state index contributed by atoms with van der Waals surface area (Å²) in [5.41, 5.74) is 0.293. The average molecular weight is 276 g/mol. The monoisotopic (exact) mass is 275 g/mol. The van der Waals surface area contributed by atoms with E-state index in [0.717, 1.165) is 6.42 Å². The van der Waals surface area contributed by atoms with E-state index in [2.05, 4.69) is 0 Å². The van der Waals surface area contributed by atoms with Crippen molar-refractivity contribution in [1.82, 2.24) is 4.90 Å². The van der Waals surface area contributed by atoms with Crippen LogP contribution in [0.3, 0.4) is 0 Å². The maximum Gasteiger partial charge on any atom is 0.225 e. The fourth-order valence-corrected chi connectivity index (χ4v) is 2.35. The first-order chi connectivity index (χ1) is 8.00. The number of carbonyl (C=O) groups is 1. The van der Waals surface area contributed by atoms with Crippen molar-refractivity contribution in [1.29, 1.82) is 0 Å². The third-order valence-electron chi connectivity index (χ3n) is 3.05. The van der Waals surface area contributed by atoms with Crippen LogP contribution in [0.2, 0.25) is 10.0 Å². The maximum atomic E-state index is 13.6. The Balaban J connectivity index is 2.25. The van der Waals surface area contributed by atoms with Crippen LogP contribution in [0.4, 0.5) is 4.39 Å². The van der Waals surface area contributed by atoms with Gasteiger partial charge in [0.1, 0.15) is 5.82 Å². The van der Waals surface area contributed by atoms with E-state index in [1.807, 2.05) is 6.92 Å². The highest BCUT2D eigenvalue weighted by molar-refractivity contribution is 6.42. The first-order valence-electron chi connectivity index (χ1n) is 5.42. The van der Waals surface area contributed by atoms with Gasteiger partial charge in [0.25, 0.3) is 0 Å². The second-order valence-corrected chi connectivity index (χ2v) is 5.06. The molecule has 1 heterocycles. The molecule has 1 fully saturated rings. The fraction of sp³-hybridized carbons (Fsp3) is 0.417. The number of hydrogen-bond acceptors (Lipinski definition) is 1. The average Bonchev–Trinajstić information content (AvgIpc) is 2.61. The summed E-state index contributed by atoms with van der Waals surface area (Å²) in [6.07, 6.45) is 0.804. The molecule has 2 nitrogen and oxygen atoms in total. The van der Waals surface area contributed by atoms with Crippen LogP contribution in [0.25, 0.3) is 0 Å². The Kier molecular flexibility index (Phi) is 3.59. The molecule has 0 unspecified atom stereocenters. The van der Waals surface area contributed by atoms with Crippen LogP contribution in [-0.2, 0) is 11.3 Å². The largest absolute Gasteiger partial charge is 0.338 e. The number of hydrogen-bond donors (Lipinski definition) is 0. The molecule has 1 amide bonds. The molecular weight excluding hydrogens is 264 g/mol. The van der Waals surface area contributed by atoms with Crippen LogP contribution in [0.15, 0.2) is 12.1 Å². The normalized spacial score (nSPS) is 20.1. The van der Waals surface area contributed by atoms with E-state index in [1.54, 1.807) is 4.90 Å². The number of nitrogens with zero attached hydrogens (tertiary/aromatic N) is 1. The number of rotatable bonds is 2. The SMILES string of the molecule is C[C@@H]1CCN(Cc2c(F)ccc(Cl)c2Cl)C1=O. The van der Waals surface area contributed by atoms with Crippen molar-refractivity contribution in [3.63, 3.8) is 0 Å². The van der Waals surface area contributed by atoms with E-state index in [0.29, 0.717) is 17.1 Å². The molecule has 1 atom stereocenters. The van der Waals surface area contributed by atoms with E-state index >= 15 is 0 Å². The zero-order valence-electron chi connectivity index (χ0n) is 9.34. The Bertz CT molecular complexity index is 464. The summed E-state index contributed by atoms with van der Waals surface area (Å²) >= 11 is 11.8. The van der Waals surface area contributed by atoms with Gasteiger partial charge in [0.15, 0.2) is 0 Å². The molecule has 17 heavy (non-hydrogen) atoms. The Hall–Kier alpha value is -0.800. The van der Waals surface area contributed by atoms with E-state index < -0.39 is 5.82 Å². The summed E-state index contributed by atoms with van der Waals surface area (Å²) in [4.78, 5) is 13.4. The number of amides is 1. The van der Waals surface area contributed by atoms with Crippen LogP contribution >= 0.6 is 23.2 Å². The summed E-state index contributed by atoms with van der Waals surface area (Å²) < 4.78 is 13.6. The van der Waals surface area contributed by atoms with Crippen molar-refractivity contribution in [3.05, 3.63) is 33.6 Å². The zero-order valence-corrected chi connectivity index (χ0v) is 10.9. The molecule has 0 aliphatic carbocycles. The summed E-state index contributed by atoms with van der Waals surface area (Å²) in [5, 5.41) is 0.502. The van der Waals surface area contributed by atoms with Crippen molar-refractivity contribution in [2.45, 2.75) is 19.9 Å². The van der Waals surface area contributed by atoms with Crippen LogP contribution in [0.1, 0.15) is 18.9 Å². The molecular formula is C12H12Cl2FNO. The van der Waals surface area contributed by atoms with Crippen LogP contribution < -0.4 is 0 Å². The molecule has 0 spiro atoms. The molecule has 1 aliphatic heterocycles. The second-order valence-electron chi connectivity index (χ2n) is 4.27. The van der Waals surface area contributed by atoms with Crippen molar-refractivity contribution < 1.29 is 9.18 Å². The lowest BCUT2D eigenvalue weighted by Crippen LogP contribution is -2.26. The Labute approximate surface area is 109 Å². The molecule has 92 valence electrons. The summed E-state index contributed by atoms with van der Waals surface area (Å²) in [6, 6.07) is 2.69. The summed E-state index contributed by atoms with van der Waals surface area (Å²) in [7, 11) is 0. The zero-order chi connectivity index (χ0) is 12.6. The fourth-order valence-electron chi connectivity index (χ4n) is 1.96. The van der Waals surface area contributed by atoms with Crippen LogP contribution in [0.5, 0.6) is 0 Å². The number of carbonyl (C=O) groups excluding carboxylic acids is 1. The molecule has 1 aromatic carbocycles. The minimum Gasteiger partial charge on any atom is -0.338 e. The summed E-state index contributed by atoms with van der Waals surface area (Å²) in [6.45, 7) is 2.70. The van der Waals surface area contributed by atoms with Gasteiger partial charge in [0.2, 0.25) is 5.91 Å². The molecule has 1 saturated heterocycles. The van der Waals surface area contributed by atoms with Gasteiger partial charge >= 0.3 is 0 Å². The minimum atomic E-state index is -0.424. The highest BCUT2D eigenvalue weighted by Gasteiger charge is 2.29. The quantitative estimate of drug-likeness (QED) is 0.757. The molecule has 0 aromatic heterocycles. The van der Waals surface area contributed by atoms with Gasteiger partial charge in [-0.15, -0.1) is 0 Å². The highest BCUT2D eigenvalue weighted by Crippen LogP contribution is 2.30. The van der Waals surface area contributed by atoms with Crippen molar-refractivity contribution >= 4 is 29.1 Å². The third kappa shape index (κ3) is 2.40. The Morgan fingerprint density at radius 1 is 1.47 bits per heavy atom. The van der Waals surface area contributed by atoms with Gasteiger partial charge in [-0.05, 0) is 18.6 Å². The smallest absolute Gasteiger partial charge is 0.225 e. The van der Waals surface area contributed by atoms with Gasteiger partial charge in [-0.2, -0.15) is 0 Å². The van der Waals surface area contributed by atoms with Gasteiger partial charge in [0.05, 0.1) is 16.6 Å². The lowest BCUT2D eigenvalue weighted by molar-refractivity contribution is -0.131. The molecule has 1 aromatic rings. The number of halogens is 3. The standard InChI is InChI=1S/C12H12Cl2FNO/c1-7-4-5-16(12(7)17)6-8-10(15)3-2-9(13)11(8)14/h2-3,7H,4-6H2,1H3/t7-/m1/s1. The molecule has 5 heteroatoms. The number of likely N-dealkylation sites (tertiary alicyclic amines) is 1. The molecule has 0 radical (unpaired) electrons. The molecule has 0 saturated carbocycles. The first kappa shape index (κ1) is 12.7. The minimum absolute atomic E-state index is 0.0102. The van der Waals surface area contributed by atoms with Gasteiger partial charge in [-0.1, -0.05) is 30.1 Å². The Morgan fingerprint density at radius 3 is 2.76 bits per heavy atom. The van der Waals surface area contributed by atoms with Gasteiger partial charge < -0.3 is 4.90 Å². The first-order valence-corrected chi connectivity index (χ1v) is 6.17. The molecule has 1 aliphatic rings. The number of benzene rings is 1. The van der Waals surface area contributed by atoms with Gasteiger partial charge in [-0.3, -0.25) is 4.79 Å². The maximum absolute atomic E-state index is 13.6. The van der Waals surface area contributed by atoms with E-state index in [4.69, 9.17) is 23.2 Å². The summed E-state index contributed by atoms with van der Waals surface area (Å²) in [5.74, 6) is -0.372. The lowest BCUT2D eigenvalue weighted by atomic mass is 10.1. The predicted octanol–water partition coefficient (Wildman–Crippen LogP) is 3.50. The van der Waals surface area contributed by atoms with Crippen molar-refractivity contribution in [2.24, 2.45) is 5.92 Å². The van der Waals surface area contributed by atoms with E-state index in [1.165, 1.54) is 12.1 Å². The molecule has 0 bridgehead atoms. The van der Waals surface area contributed by atoms with Gasteiger partial charge in [-0.25, -0.2) is 4.39 Å². The highest BCUT2D eigenvalue weighted by atomic mass is 35.5. The van der Waals surface area contributed by atoms with Crippen molar-refractivity contribution in [2.75, 3.05) is 6.54 Å². The van der Waals surface area contributed by atoms with E-state index in [9.17, 15) is 9.18 Å². The van der Waals surface area contributed by atoms with Crippen LogP contribution in [-0.4, -0.2) is 17.4 Å². The van der Waals surface area contributed by atoms with E-state index in [-0.39, 0.29) is 23.4 Å². The topological polar surface area (TPSA) is 20.3 Å². The molecule has 0 N–H and O–H groups in total.